The van der Waals surface area contributed by atoms with Gasteiger partial charge < -0.3 is 15.1 Å². The highest BCUT2D eigenvalue weighted by Gasteiger charge is 2.24. The van der Waals surface area contributed by atoms with Crippen LogP contribution >= 0.6 is 0 Å². The highest BCUT2D eigenvalue weighted by atomic mass is 16.2. The molecule has 1 heterocycles. The number of carbonyl (C=O) groups is 3. The molecule has 1 aliphatic heterocycles. The monoisotopic (exact) mass is 361 g/mol. The van der Waals surface area contributed by atoms with Gasteiger partial charge in [0.1, 0.15) is 0 Å². The Balaban J connectivity index is 1.78. The standard InChI is InChI=1S/C19H28N4O3/c1-14(24)15-5-7-16(8-6-15)23-11-9-22(10-12-23)13-17(25)20-18(26)21-19(2,3)4/h5-8H,9-13H2,1-4H3,(H2,20,21,25,26)/p+1. The quantitative estimate of drug-likeness (QED) is 0.670. The molecule has 1 saturated heterocycles. The SMILES string of the molecule is CC(=O)c1ccc(N2CC[NH+](CC(=O)NC(=O)NC(C)(C)C)CC2)cc1. The molecule has 0 aliphatic carbocycles. The molecule has 7 nitrogen and oxygen atoms in total. The number of ketones is 1. The van der Waals surface area contributed by atoms with Crippen molar-refractivity contribution in [3.8, 4) is 0 Å². The zero-order valence-corrected chi connectivity index (χ0v) is 16.0. The van der Waals surface area contributed by atoms with Gasteiger partial charge in [0, 0.05) is 16.8 Å². The highest BCUT2D eigenvalue weighted by molar-refractivity contribution is 5.95. The lowest BCUT2D eigenvalue weighted by molar-refractivity contribution is -0.892. The number of Topliss-reactive ketones (excluding diaryl/α,β-unsaturated/α-hetero) is 1. The maximum absolute atomic E-state index is 12.0. The summed E-state index contributed by atoms with van der Waals surface area (Å²) in [6, 6.07) is 7.17. The minimum atomic E-state index is -0.453. The van der Waals surface area contributed by atoms with Crippen LogP contribution in [-0.2, 0) is 4.79 Å². The molecule has 1 fully saturated rings. The first-order valence-corrected chi connectivity index (χ1v) is 8.95. The number of piperazine rings is 1. The minimum Gasteiger partial charge on any atom is -0.360 e. The maximum atomic E-state index is 12.0. The first-order chi connectivity index (χ1) is 12.1. The molecular weight excluding hydrogens is 332 g/mol. The summed E-state index contributed by atoms with van der Waals surface area (Å²) >= 11 is 0. The molecule has 0 radical (unpaired) electrons. The molecule has 0 unspecified atom stereocenters. The summed E-state index contributed by atoms with van der Waals surface area (Å²) in [7, 11) is 0. The van der Waals surface area contributed by atoms with E-state index in [0.29, 0.717) is 5.56 Å². The Morgan fingerprint density at radius 2 is 1.65 bits per heavy atom. The Hall–Kier alpha value is -2.41. The van der Waals surface area contributed by atoms with Crippen molar-refractivity contribution in [1.29, 1.82) is 0 Å². The predicted octanol–water partition coefficient (Wildman–Crippen LogP) is 0.218. The number of amides is 3. The van der Waals surface area contributed by atoms with Gasteiger partial charge in [-0.1, -0.05) is 0 Å². The van der Waals surface area contributed by atoms with Crippen LogP contribution < -0.4 is 20.4 Å². The normalized spacial score (nSPS) is 15.5. The van der Waals surface area contributed by atoms with Gasteiger partial charge in [0.2, 0.25) is 0 Å². The van der Waals surface area contributed by atoms with Crippen molar-refractivity contribution in [2.45, 2.75) is 33.2 Å². The van der Waals surface area contributed by atoms with Crippen molar-refractivity contribution in [1.82, 2.24) is 10.6 Å². The number of quaternary nitrogens is 1. The number of carbonyl (C=O) groups excluding carboxylic acids is 3. The first kappa shape index (κ1) is 19.9. The molecule has 1 aliphatic rings. The smallest absolute Gasteiger partial charge is 0.322 e. The van der Waals surface area contributed by atoms with Crippen LogP contribution in [0.3, 0.4) is 0 Å². The van der Waals surface area contributed by atoms with Gasteiger partial charge in [-0.2, -0.15) is 0 Å². The molecule has 0 aromatic heterocycles. The van der Waals surface area contributed by atoms with Crippen molar-refractivity contribution in [3.05, 3.63) is 29.8 Å². The van der Waals surface area contributed by atoms with Gasteiger partial charge in [-0.3, -0.25) is 14.9 Å². The van der Waals surface area contributed by atoms with E-state index in [1.54, 1.807) is 6.92 Å². The summed E-state index contributed by atoms with van der Waals surface area (Å²) in [5.41, 5.74) is 1.42. The van der Waals surface area contributed by atoms with Gasteiger partial charge in [-0.05, 0) is 52.0 Å². The predicted molar refractivity (Wildman–Crippen MR) is 101 cm³/mol. The molecule has 2 rings (SSSR count). The van der Waals surface area contributed by atoms with E-state index in [4.69, 9.17) is 0 Å². The maximum Gasteiger partial charge on any atom is 0.322 e. The van der Waals surface area contributed by atoms with E-state index >= 15 is 0 Å². The van der Waals surface area contributed by atoms with Gasteiger partial charge in [-0.25, -0.2) is 4.79 Å². The van der Waals surface area contributed by atoms with Crippen LogP contribution in [0.1, 0.15) is 38.1 Å². The van der Waals surface area contributed by atoms with Crippen LogP contribution in [0.2, 0.25) is 0 Å². The van der Waals surface area contributed by atoms with E-state index in [1.165, 1.54) is 0 Å². The van der Waals surface area contributed by atoms with Crippen molar-refractivity contribution in [3.63, 3.8) is 0 Å². The lowest BCUT2D eigenvalue weighted by Gasteiger charge is -2.33. The van der Waals surface area contributed by atoms with Crippen LogP contribution in [0.15, 0.2) is 24.3 Å². The summed E-state index contributed by atoms with van der Waals surface area (Å²) in [5, 5.41) is 5.10. The molecule has 0 atom stereocenters. The zero-order valence-electron chi connectivity index (χ0n) is 16.0. The van der Waals surface area contributed by atoms with Gasteiger partial charge in [-0.15, -0.1) is 0 Å². The van der Waals surface area contributed by atoms with Gasteiger partial charge in [0.15, 0.2) is 12.3 Å². The molecule has 0 spiro atoms. The van der Waals surface area contributed by atoms with Gasteiger partial charge in [0.05, 0.1) is 26.2 Å². The van der Waals surface area contributed by atoms with Crippen molar-refractivity contribution >= 4 is 23.4 Å². The fourth-order valence-electron chi connectivity index (χ4n) is 2.93. The third-order valence-corrected chi connectivity index (χ3v) is 4.26. The van der Waals surface area contributed by atoms with Crippen LogP contribution in [-0.4, -0.2) is 56.0 Å². The number of urea groups is 1. The van der Waals surface area contributed by atoms with E-state index in [1.807, 2.05) is 45.0 Å². The molecule has 0 saturated carbocycles. The zero-order chi connectivity index (χ0) is 19.3. The molecule has 26 heavy (non-hydrogen) atoms. The van der Waals surface area contributed by atoms with E-state index < -0.39 is 6.03 Å². The number of rotatable bonds is 4. The fraction of sp³-hybridized carbons (Fsp3) is 0.526. The molecule has 3 amide bonds. The van der Waals surface area contributed by atoms with E-state index in [9.17, 15) is 14.4 Å². The second-order valence-electron chi connectivity index (χ2n) is 7.77. The average molecular weight is 361 g/mol. The lowest BCUT2D eigenvalue weighted by Crippen LogP contribution is -3.16. The molecule has 1 aromatic rings. The van der Waals surface area contributed by atoms with Gasteiger partial charge in [0.25, 0.3) is 5.91 Å². The number of hydrogen-bond acceptors (Lipinski definition) is 4. The second-order valence-corrected chi connectivity index (χ2v) is 7.77. The number of nitrogens with zero attached hydrogens (tertiary/aromatic N) is 1. The highest BCUT2D eigenvalue weighted by Crippen LogP contribution is 2.15. The fourth-order valence-corrected chi connectivity index (χ4v) is 2.93. The third-order valence-electron chi connectivity index (χ3n) is 4.26. The van der Waals surface area contributed by atoms with Crippen LogP contribution in [0.4, 0.5) is 10.5 Å². The van der Waals surface area contributed by atoms with Gasteiger partial charge >= 0.3 is 6.03 Å². The minimum absolute atomic E-state index is 0.0623. The van der Waals surface area contributed by atoms with Crippen LogP contribution in [0.25, 0.3) is 0 Å². The first-order valence-electron chi connectivity index (χ1n) is 8.95. The Kier molecular flexibility index (Phi) is 6.37. The number of anilines is 1. The number of imide groups is 1. The number of benzene rings is 1. The summed E-state index contributed by atoms with van der Waals surface area (Å²) in [5.74, 6) is -0.201. The van der Waals surface area contributed by atoms with Crippen molar-refractivity contribution < 1.29 is 19.3 Å². The Morgan fingerprint density at radius 1 is 1.08 bits per heavy atom. The largest absolute Gasteiger partial charge is 0.360 e. The summed E-state index contributed by atoms with van der Waals surface area (Å²) in [4.78, 5) is 38.5. The Morgan fingerprint density at radius 3 is 2.15 bits per heavy atom. The van der Waals surface area contributed by atoms with E-state index in [2.05, 4.69) is 15.5 Å². The molecular formula is C19H29N4O3+. The van der Waals surface area contributed by atoms with E-state index in [-0.39, 0.29) is 23.8 Å². The average Bonchev–Trinajstić information content (AvgIpc) is 2.53. The third kappa shape index (κ3) is 6.15. The Bertz CT molecular complexity index is 656. The van der Waals surface area contributed by atoms with Crippen LogP contribution in [0, 0.1) is 0 Å². The van der Waals surface area contributed by atoms with Crippen molar-refractivity contribution in [2.75, 3.05) is 37.6 Å². The number of nitrogens with one attached hydrogen (secondary N) is 3. The van der Waals surface area contributed by atoms with Crippen LogP contribution in [0.5, 0.6) is 0 Å². The lowest BCUT2D eigenvalue weighted by atomic mass is 10.1. The second kappa shape index (κ2) is 8.31. The Labute approximate surface area is 154 Å². The molecule has 142 valence electrons. The summed E-state index contributed by atoms with van der Waals surface area (Å²) in [6.45, 7) is 10.7. The van der Waals surface area contributed by atoms with Crippen molar-refractivity contribution in [2.24, 2.45) is 0 Å². The topological polar surface area (TPSA) is 83.0 Å². The van der Waals surface area contributed by atoms with E-state index in [0.717, 1.165) is 36.8 Å². The molecule has 1 aromatic carbocycles. The molecule has 7 heteroatoms. The summed E-state index contributed by atoms with van der Waals surface area (Å²) < 4.78 is 0. The summed E-state index contributed by atoms with van der Waals surface area (Å²) in [6.07, 6.45) is 0. The molecule has 3 N–H and O–H groups in total. The molecule has 0 bridgehead atoms. The number of hydrogen-bond donors (Lipinski definition) is 3.